The highest BCUT2D eigenvalue weighted by Gasteiger charge is 2.40. The normalized spacial score (nSPS) is 17.6. The molecule has 3 amide bonds. The van der Waals surface area contributed by atoms with Crippen molar-refractivity contribution in [3.63, 3.8) is 0 Å². The smallest absolute Gasteiger partial charge is 0.268 e. The van der Waals surface area contributed by atoms with Gasteiger partial charge in [-0.25, -0.2) is 0 Å². The predicted molar refractivity (Wildman–Crippen MR) is 89.1 cm³/mol. The van der Waals surface area contributed by atoms with Gasteiger partial charge in [-0.05, 0) is 31.5 Å². The van der Waals surface area contributed by atoms with Gasteiger partial charge in [-0.1, -0.05) is 30.3 Å². The van der Waals surface area contributed by atoms with E-state index in [0.717, 1.165) is 11.3 Å². The van der Waals surface area contributed by atoms with E-state index >= 15 is 0 Å². The van der Waals surface area contributed by atoms with Crippen molar-refractivity contribution in [2.75, 3.05) is 0 Å². The molecular formula is C18H19N3O3. The van der Waals surface area contributed by atoms with Gasteiger partial charge in [0.05, 0.1) is 6.42 Å². The molecule has 24 heavy (non-hydrogen) atoms. The van der Waals surface area contributed by atoms with E-state index in [2.05, 4.69) is 10.3 Å². The Labute approximate surface area is 139 Å². The van der Waals surface area contributed by atoms with Gasteiger partial charge in [-0.2, -0.15) is 0 Å². The van der Waals surface area contributed by atoms with E-state index in [1.165, 1.54) is 4.90 Å². The molecule has 1 saturated heterocycles. The summed E-state index contributed by atoms with van der Waals surface area (Å²) < 4.78 is 0. The van der Waals surface area contributed by atoms with Crippen molar-refractivity contribution in [1.29, 1.82) is 0 Å². The van der Waals surface area contributed by atoms with Crippen LogP contribution in [-0.2, 0) is 9.59 Å². The van der Waals surface area contributed by atoms with E-state index in [1.54, 1.807) is 19.9 Å². The van der Waals surface area contributed by atoms with Gasteiger partial charge in [0.25, 0.3) is 11.8 Å². The molecule has 0 bridgehead atoms. The summed E-state index contributed by atoms with van der Waals surface area (Å²) in [6.45, 7) is 3.55. The van der Waals surface area contributed by atoms with Crippen molar-refractivity contribution in [3.05, 3.63) is 48.2 Å². The number of likely N-dealkylation sites (tertiary alicyclic amines) is 1. The Bertz CT molecular complexity index is 780. The number of amides is 3. The molecule has 1 aliphatic heterocycles. The molecule has 6 nitrogen and oxygen atoms in total. The lowest BCUT2D eigenvalue weighted by Crippen LogP contribution is -2.43. The summed E-state index contributed by atoms with van der Waals surface area (Å²) in [6.07, 6.45) is 0.00893. The van der Waals surface area contributed by atoms with Crippen LogP contribution in [0, 0.1) is 0 Å². The number of imide groups is 1. The maximum absolute atomic E-state index is 12.3. The minimum atomic E-state index is -0.795. The molecule has 1 aromatic carbocycles. The second kappa shape index (κ2) is 6.31. The van der Waals surface area contributed by atoms with Gasteiger partial charge in [-0.3, -0.25) is 19.3 Å². The molecule has 6 heteroatoms. The molecule has 1 aromatic heterocycles. The third-order valence-corrected chi connectivity index (χ3v) is 4.02. The lowest BCUT2D eigenvalue weighted by molar-refractivity contribution is -0.140. The Morgan fingerprint density at radius 1 is 1.17 bits per heavy atom. The van der Waals surface area contributed by atoms with Gasteiger partial charge >= 0.3 is 0 Å². The second-order valence-electron chi connectivity index (χ2n) is 6.08. The molecule has 1 fully saturated rings. The quantitative estimate of drug-likeness (QED) is 0.843. The highest BCUT2D eigenvalue weighted by molar-refractivity contribution is 6.08. The maximum Gasteiger partial charge on any atom is 0.268 e. The van der Waals surface area contributed by atoms with Crippen molar-refractivity contribution in [3.8, 4) is 11.3 Å². The Morgan fingerprint density at radius 3 is 2.50 bits per heavy atom. The number of aromatic amines is 1. The molecule has 0 saturated carbocycles. The zero-order valence-corrected chi connectivity index (χ0v) is 13.6. The minimum Gasteiger partial charge on any atom is -0.351 e. The summed E-state index contributed by atoms with van der Waals surface area (Å²) in [6, 6.07) is 12.1. The fourth-order valence-electron chi connectivity index (χ4n) is 2.86. The van der Waals surface area contributed by atoms with Crippen LogP contribution in [0.4, 0.5) is 0 Å². The van der Waals surface area contributed by atoms with Crippen LogP contribution in [0.1, 0.15) is 30.8 Å². The van der Waals surface area contributed by atoms with Crippen LogP contribution in [0.3, 0.4) is 0 Å². The van der Waals surface area contributed by atoms with Crippen LogP contribution in [0.15, 0.2) is 42.5 Å². The molecule has 0 spiro atoms. The molecule has 0 aliphatic carbocycles. The van der Waals surface area contributed by atoms with Crippen LogP contribution in [0.2, 0.25) is 0 Å². The Kier molecular flexibility index (Phi) is 4.20. The van der Waals surface area contributed by atoms with Crippen molar-refractivity contribution < 1.29 is 14.4 Å². The summed E-state index contributed by atoms with van der Waals surface area (Å²) in [5.74, 6) is -0.996. The first kappa shape index (κ1) is 16.0. The van der Waals surface area contributed by atoms with Gasteiger partial charge < -0.3 is 10.3 Å². The molecule has 2 N–H and O–H groups in total. The second-order valence-corrected chi connectivity index (χ2v) is 6.08. The number of hydrogen-bond acceptors (Lipinski definition) is 3. The first-order valence-electron chi connectivity index (χ1n) is 7.88. The third-order valence-electron chi connectivity index (χ3n) is 4.02. The summed E-state index contributed by atoms with van der Waals surface area (Å²) in [7, 11) is 0. The molecule has 3 rings (SSSR count). The summed E-state index contributed by atoms with van der Waals surface area (Å²) in [5.41, 5.74) is 2.14. The first-order chi connectivity index (χ1) is 11.5. The minimum absolute atomic E-state index is 0.00893. The maximum atomic E-state index is 12.3. The standard InChI is InChI=1S/C18H19N3O3/c1-11(2)21-16(22)10-15(18(21)24)20-17(23)14-9-8-13(19-14)12-6-4-3-5-7-12/h3-9,11,15,19H,10H2,1-2H3,(H,20,23)/t15-/m0/s1. The van der Waals surface area contributed by atoms with E-state index in [9.17, 15) is 14.4 Å². The highest BCUT2D eigenvalue weighted by Crippen LogP contribution is 2.19. The van der Waals surface area contributed by atoms with Gasteiger partial charge in [-0.15, -0.1) is 0 Å². The summed E-state index contributed by atoms with van der Waals surface area (Å²) in [4.78, 5) is 40.7. The zero-order valence-electron chi connectivity index (χ0n) is 13.6. The lowest BCUT2D eigenvalue weighted by atomic mass is 10.2. The number of carbonyl (C=O) groups is 3. The van der Waals surface area contributed by atoms with Gasteiger partial charge in [0.15, 0.2) is 0 Å². The number of benzene rings is 1. The number of rotatable bonds is 4. The molecule has 0 radical (unpaired) electrons. The fourth-order valence-corrected chi connectivity index (χ4v) is 2.86. The summed E-state index contributed by atoms with van der Waals surface area (Å²) in [5, 5.41) is 2.64. The number of hydrogen-bond donors (Lipinski definition) is 2. The first-order valence-corrected chi connectivity index (χ1v) is 7.88. The highest BCUT2D eigenvalue weighted by atomic mass is 16.2. The van der Waals surface area contributed by atoms with E-state index in [4.69, 9.17) is 0 Å². The molecule has 1 aliphatic rings. The zero-order chi connectivity index (χ0) is 17.3. The van der Waals surface area contributed by atoms with Crippen molar-refractivity contribution >= 4 is 17.7 Å². The molecule has 124 valence electrons. The van der Waals surface area contributed by atoms with Crippen LogP contribution >= 0.6 is 0 Å². The van der Waals surface area contributed by atoms with Crippen molar-refractivity contribution in [2.45, 2.75) is 32.4 Å². The number of H-pyrrole nitrogens is 1. The van der Waals surface area contributed by atoms with Gasteiger partial charge in [0.1, 0.15) is 11.7 Å². The third kappa shape index (κ3) is 2.95. The lowest BCUT2D eigenvalue weighted by Gasteiger charge is -2.19. The monoisotopic (exact) mass is 325 g/mol. The Hall–Kier alpha value is -2.89. The fraction of sp³-hybridized carbons (Fsp3) is 0.278. The number of carbonyl (C=O) groups excluding carboxylic acids is 3. The van der Waals surface area contributed by atoms with Crippen LogP contribution < -0.4 is 5.32 Å². The predicted octanol–water partition coefficient (Wildman–Crippen LogP) is 1.95. The van der Waals surface area contributed by atoms with Gasteiger partial charge in [0, 0.05) is 11.7 Å². The van der Waals surface area contributed by atoms with E-state index in [0.29, 0.717) is 5.69 Å². The van der Waals surface area contributed by atoms with E-state index < -0.39 is 11.9 Å². The van der Waals surface area contributed by atoms with Crippen LogP contribution in [0.25, 0.3) is 11.3 Å². The Morgan fingerprint density at radius 2 is 1.88 bits per heavy atom. The number of nitrogens with one attached hydrogen (secondary N) is 2. The van der Waals surface area contributed by atoms with Crippen molar-refractivity contribution in [1.82, 2.24) is 15.2 Å². The van der Waals surface area contributed by atoms with Crippen LogP contribution in [-0.4, -0.2) is 39.7 Å². The largest absolute Gasteiger partial charge is 0.351 e. The number of nitrogens with zero attached hydrogens (tertiary/aromatic N) is 1. The molecule has 1 atom stereocenters. The molecule has 2 aromatic rings. The SMILES string of the molecule is CC(C)N1C(=O)C[C@H](NC(=O)c2ccc(-c3ccccc3)[nH]2)C1=O. The summed E-state index contributed by atoms with van der Waals surface area (Å²) >= 11 is 0. The number of aromatic nitrogens is 1. The van der Waals surface area contributed by atoms with Gasteiger partial charge in [0.2, 0.25) is 5.91 Å². The Balaban J connectivity index is 1.71. The average Bonchev–Trinajstić information content (AvgIpc) is 3.14. The van der Waals surface area contributed by atoms with E-state index in [-0.39, 0.29) is 24.3 Å². The van der Waals surface area contributed by atoms with Crippen LogP contribution in [0.5, 0.6) is 0 Å². The molecule has 2 heterocycles. The molecule has 0 unspecified atom stereocenters. The molecular weight excluding hydrogens is 306 g/mol. The van der Waals surface area contributed by atoms with E-state index in [1.807, 2.05) is 36.4 Å². The topological polar surface area (TPSA) is 82.3 Å². The van der Waals surface area contributed by atoms with Crippen molar-refractivity contribution in [2.24, 2.45) is 0 Å². The average molecular weight is 325 g/mol.